The Hall–Kier alpha value is -2.17. The molecule has 34 heavy (non-hydrogen) atoms. The van der Waals surface area contributed by atoms with Gasteiger partial charge < -0.3 is 14.4 Å². The third kappa shape index (κ3) is 6.28. The maximum atomic E-state index is 12.0. The van der Waals surface area contributed by atoms with Crippen LogP contribution in [0.25, 0.3) is 0 Å². The molecule has 0 aromatic heterocycles. The zero-order valence-electron chi connectivity index (χ0n) is 21.3. The van der Waals surface area contributed by atoms with Gasteiger partial charge in [0, 0.05) is 30.3 Å². The standard InChI is InChI=1S/C30H41NO3/c1-22-19-23(2)30(24(3)20-22)31(28-12-6-11-27(21-28)25-7-4-8-25)14-16-34-18-17-33-15-13-29(32)26-9-5-10-26/h6,11-12,19-21,25-26H,4-5,7-10,13-18H2,1-3H3. The maximum Gasteiger partial charge on any atom is 0.138 e. The fraction of sp³-hybridized carbons (Fsp3) is 0.567. The summed E-state index contributed by atoms with van der Waals surface area (Å²) in [6.45, 7) is 9.60. The maximum absolute atomic E-state index is 12.0. The molecule has 0 unspecified atom stereocenters. The van der Waals surface area contributed by atoms with Crippen LogP contribution in [-0.4, -0.2) is 38.8 Å². The average molecular weight is 464 g/mol. The summed E-state index contributed by atoms with van der Waals surface area (Å²) in [6.07, 6.45) is 7.85. The van der Waals surface area contributed by atoms with E-state index in [1.807, 2.05) is 0 Å². The van der Waals surface area contributed by atoms with Gasteiger partial charge in [0.25, 0.3) is 0 Å². The number of benzene rings is 2. The summed E-state index contributed by atoms with van der Waals surface area (Å²) in [5.74, 6) is 1.39. The number of carbonyl (C=O) groups excluding carboxylic acids is 1. The summed E-state index contributed by atoms with van der Waals surface area (Å²) in [4.78, 5) is 14.4. The minimum Gasteiger partial charge on any atom is -0.379 e. The minimum absolute atomic E-state index is 0.308. The van der Waals surface area contributed by atoms with Crippen molar-refractivity contribution in [3.8, 4) is 0 Å². The van der Waals surface area contributed by atoms with Gasteiger partial charge in [-0.2, -0.15) is 0 Å². The molecule has 0 spiro atoms. The molecule has 0 radical (unpaired) electrons. The van der Waals surface area contributed by atoms with Gasteiger partial charge in [0.2, 0.25) is 0 Å². The number of ketones is 1. The predicted octanol–water partition coefficient (Wildman–Crippen LogP) is 6.81. The molecule has 2 aromatic carbocycles. The number of anilines is 2. The summed E-state index contributed by atoms with van der Waals surface area (Å²) >= 11 is 0. The van der Waals surface area contributed by atoms with Gasteiger partial charge >= 0.3 is 0 Å². The third-order valence-electron chi connectivity index (χ3n) is 7.55. The molecular formula is C30H41NO3. The second-order valence-corrected chi connectivity index (χ2v) is 10.2. The number of carbonyl (C=O) groups is 1. The Labute approximate surface area is 205 Å². The van der Waals surface area contributed by atoms with Crippen LogP contribution in [0.3, 0.4) is 0 Å². The summed E-state index contributed by atoms with van der Waals surface area (Å²) in [6, 6.07) is 13.6. The van der Waals surface area contributed by atoms with Crippen LogP contribution < -0.4 is 4.90 Å². The first-order valence-electron chi connectivity index (χ1n) is 13.2. The normalized spacial score (nSPS) is 16.2. The highest BCUT2D eigenvalue weighted by Gasteiger charge is 2.24. The van der Waals surface area contributed by atoms with Gasteiger partial charge in [-0.3, -0.25) is 4.79 Å². The van der Waals surface area contributed by atoms with Gasteiger partial charge in [0.1, 0.15) is 5.78 Å². The van der Waals surface area contributed by atoms with E-state index in [0.717, 1.165) is 19.4 Å². The number of ether oxygens (including phenoxy) is 2. The van der Waals surface area contributed by atoms with Gasteiger partial charge in [0.05, 0.1) is 26.4 Å². The number of Topliss-reactive ketones (excluding diaryl/α,β-unsaturated/α-hetero) is 1. The van der Waals surface area contributed by atoms with Crippen LogP contribution in [0.15, 0.2) is 36.4 Å². The number of hydrogen-bond acceptors (Lipinski definition) is 4. The van der Waals surface area contributed by atoms with E-state index in [4.69, 9.17) is 9.47 Å². The second kappa shape index (κ2) is 12.0. The van der Waals surface area contributed by atoms with E-state index in [1.165, 1.54) is 59.3 Å². The lowest BCUT2D eigenvalue weighted by Crippen LogP contribution is -2.25. The first kappa shape index (κ1) is 24.9. The molecule has 184 valence electrons. The molecule has 0 bridgehead atoms. The Morgan fingerprint density at radius 2 is 1.56 bits per heavy atom. The Morgan fingerprint density at radius 3 is 2.18 bits per heavy atom. The van der Waals surface area contributed by atoms with Crippen molar-refractivity contribution >= 4 is 17.2 Å². The monoisotopic (exact) mass is 463 g/mol. The van der Waals surface area contributed by atoms with Gasteiger partial charge in [-0.05, 0) is 81.2 Å². The smallest absolute Gasteiger partial charge is 0.138 e. The molecule has 2 saturated carbocycles. The zero-order chi connectivity index (χ0) is 23.9. The van der Waals surface area contributed by atoms with Crippen molar-refractivity contribution in [2.75, 3.05) is 37.9 Å². The van der Waals surface area contributed by atoms with Crippen LogP contribution in [-0.2, 0) is 14.3 Å². The van der Waals surface area contributed by atoms with Crippen molar-refractivity contribution in [1.29, 1.82) is 0 Å². The summed E-state index contributed by atoms with van der Waals surface area (Å²) in [7, 11) is 0. The molecule has 4 nitrogen and oxygen atoms in total. The molecule has 2 aliphatic rings. The quantitative estimate of drug-likeness (QED) is 0.306. The van der Waals surface area contributed by atoms with Crippen molar-refractivity contribution in [1.82, 2.24) is 0 Å². The lowest BCUT2D eigenvalue weighted by molar-refractivity contribution is -0.126. The Bertz CT molecular complexity index is 938. The lowest BCUT2D eigenvalue weighted by atomic mass is 9.80. The lowest BCUT2D eigenvalue weighted by Gasteiger charge is -2.31. The highest BCUT2D eigenvalue weighted by atomic mass is 16.5. The van der Waals surface area contributed by atoms with Crippen LogP contribution in [0.5, 0.6) is 0 Å². The van der Waals surface area contributed by atoms with Gasteiger partial charge in [-0.15, -0.1) is 0 Å². The van der Waals surface area contributed by atoms with Crippen molar-refractivity contribution in [2.45, 2.75) is 71.6 Å². The van der Waals surface area contributed by atoms with Gasteiger partial charge in [-0.1, -0.05) is 42.7 Å². The van der Waals surface area contributed by atoms with Gasteiger partial charge in [0.15, 0.2) is 0 Å². The van der Waals surface area contributed by atoms with E-state index in [1.54, 1.807) is 0 Å². The molecule has 0 aliphatic heterocycles. The Balaban J connectivity index is 1.32. The van der Waals surface area contributed by atoms with E-state index < -0.39 is 0 Å². The molecule has 4 rings (SSSR count). The van der Waals surface area contributed by atoms with Crippen LogP contribution >= 0.6 is 0 Å². The fourth-order valence-corrected chi connectivity index (χ4v) is 5.24. The van der Waals surface area contributed by atoms with Crippen molar-refractivity contribution in [3.63, 3.8) is 0 Å². The van der Waals surface area contributed by atoms with E-state index in [-0.39, 0.29) is 0 Å². The Morgan fingerprint density at radius 1 is 0.882 bits per heavy atom. The molecule has 0 amide bonds. The summed E-state index contributed by atoms with van der Waals surface area (Å²) < 4.78 is 11.6. The first-order valence-corrected chi connectivity index (χ1v) is 13.2. The molecule has 0 saturated heterocycles. The number of hydrogen-bond donors (Lipinski definition) is 0. The highest BCUT2D eigenvalue weighted by Crippen LogP contribution is 2.39. The van der Waals surface area contributed by atoms with E-state index in [2.05, 4.69) is 62.1 Å². The van der Waals surface area contributed by atoms with E-state index in [9.17, 15) is 4.79 Å². The van der Waals surface area contributed by atoms with Crippen LogP contribution in [0.1, 0.15) is 73.1 Å². The van der Waals surface area contributed by atoms with Gasteiger partial charge in [-0.25, -0.2) is 0 Å². The van der Waals surface area contributed by atoms with Crippen molar-refractivity contribution in [2.24, 2.45) is 5.92 Å². The van der Waals surface area contributed by atoms with Crippen LogP contribution in [0.4, 0.5) is 11.4 Å². The molecule has 0 heterocycles. The SMILES string of the molecule is Cc1cc(C)c(N(CCOCCOCCC(=O)C2CCC2)c2cccc(C3CCC3)c2)c(C)c1. The molecule has 2 aliphatic carbocycles. The van der Waals surface area contributed by atoms with Crippen molar-refractivity contribution in [3.05, 3.63) is 58.7 Å². The predicted molar refractivity (Wildman–Crippen MR) is 139 cm³/mol. The second-order valence-electron chi connectivity index (χ2n) is 10.2. The largest absolute Gasteiger partial charge is 0.379 e. The Kier molecular flexibility index (Phi) is 8.80. The first-order chi connectivity index (χ1) is 16.5. The number of rotatable bonds is 13. The van der Waals surface area contributed by atoms with E-state index >= 15 is 0 Å². The molecule has 0 N–H and O–H groups in total. The van der Waals surface area contributed by atoms with Crippen molar-refractivity contribution < 1.29 is 14.3 Å². The molecule has 0 atom stereocenters. The molecular weight excluding hydrogens is 422 g/mol. The van der Waals surface area contributed by atoms with E-state index in [0.29, 0.717) is 50.5 Å². The number of aryl methyl sites for hydroxylation is 3. The molecule has 2 aromatic rings. The molecule has 4 heteroatoms. The van der Waals surface area contributed by atoms with Crippen LogP contribution in [0, 0.1) is 26.7 Å². The highest BCUT2D eigenvalue weighted by molar-refractivity contribution is 5.81. The zero-order valence-corrected chi connectivity index (χ0v) is 21.3. The summed E-state index contributed by atoms with van der Waals surface area (Å²) in [5.41, 5.74) is 7.88. The topological polar surface area (TPSA) is 38.8 Å². The molecule has 2 fully saturated rings. The number of nitrogens with zero attached hydrogens (tertiary/aromatic N) is 1. The third-order valence-corrected chi connectivity index (χ3v) is 7.55. The average Bonchev–Trinajstić information content (AvgIpc) is 2.71. The summed E-state index contributed by atoms with van der Waals surface area (Å²) in [5, 5.41) is 0. The van der Waals surface area contributed by atoms with Crippen LogP contribution in [0.2, 0.25) is 0 Å². The minimum atomic E-state index is 0.308. The fourth-order valence-electron chi connectivity index (χ4n) is 5.24.